The molecule has 1 heterocycles. The zero-order valence-electron chi connectivity index (χ0n) is 15.7. The molecule has 0 spiro atoms. The number of nitrogens with zero attached hydrogens (tertiary/aromatic N) is 1. The van der Waals surface area contributed by atoms with E-state index >= 15 is 0 Å². The van der Waals surface area contributed by atoms with Gasteiger partial charge in [-0.1, -0.05) is 12.1 Å². The van der Waals surface area contributed by atoms with Gasteiger partial charge in [0.1, 0.15) is 0 Å². The summed E-state index contributed by atoms with van der Waals surface area (Å²) >= 11 is 1.83. The predicted molar refractivity (Wildman–Crippen MR) is 120 cm³/mol. The summed E-state index contributed by atoms with van der Waals surface area (Å²) in [4.78, 5) is 7.28. The highest BCUT2D eigenvalue weighted by Crippen LogP contribution is 2.29. The molecule has 7 heteroatoms. The Morgan fingerprint density at radius 3 is 2.69 bits per heavy atom. The molecule has 0 amide bonds. The summed E-state index contributed by atoms with van der Waals surface area (Å²) in [7, 11) is 1.54. The Morgan fingerprint density at radius 2 is 2.08 bits per heavy atom. The van der Waals surface area contributed by atoms with Crippen molar-refractivity contribution in [1.29, 1.82) is 0 Å². The monoisotopic (exact) mass is 489 g/mol. The highest BCUT2D eigenvalue weighted by atomic mass is 127. The summed E-state index contributed by atoms with van der Waals surface area (Å²) in [5.41, 5.74) is 0.734. The summed E-state index contributed by atoms with van der Waals surface area (Å²) in [5, 5.41) is 16.9. The van der Waals surface area contributed by atoms with E-state index in [4.69, 9.17) is 4.74 Å². The summed E-state index contributed by atoms with van der Waals surface area (Å²) < 4.78 is 5.14. The minimum Gasteiger partial charge on any atom is -0.504 e. The smallest absolute Gasteiger partial charge is 0.191 e. The highest BCUT2D eigenvalue weighted by molar-refractivity contribution is 14.0. The molecule has 1 unspecified atom stereocenters. The van der Waals surface area contributed by atoms with Crippen molar-refractivity contribution in [3.8, 4) is 11.5 Å². The van der Waals surface area contributed by atoms with Crippen molar-refractivity contribution in [2.75, 3.05) is 13.7 Å². The molecule has 1 aromatic heterocycles. The van der Waals surface area contributed by atoms with E-state index in [1.165, 1.54) is 9.75 Å². The van der Waals surface area contributed by atoms with Gasteiger partial charge in [-0.2, -0.15) is 0 Å². The third-order valence-electron chi connectivity index (χ3n) is 3.74. The second-order valence-corrected chi connectivity index (χ2v) is 7.30. The molecule has 0 saturated carbocycles. The number of rotatable bonds is 7. The highest BCUT2D eigenvalue weighted by Gasteiger charge is 2.10. The number of phenols is 1. The molecule has 0 aliphatic carbocycles. The number of nitrogens with one attached hydrogen (secondary N) is 2. The maximum Gasteiger partial charge on any atom is 0.191 e. The molecule has 0 bridgehead atoms. The molecule has 2 aromatic rings. The first-order chi connectivity index (χ1) is 12.0. The minimum atomic E-state index is 0. The second-order valence-electron chi connectivity index (χ2n) is 5.93. The van der Waals surface area contributed by atoms with Crippen LogP contribution in [0.2, 0.25) is 0 Å². The number of phenolic OH excluding ortho intramolecular Hbond substituents is 1. The fourth-order valence-corrected chi connectivity index (χ4v) is 3.54. The van der Waals surface area contributed by atoms with Gasteiger partial charge < -0.3 is 20.5 Å². The van der Waals surface area contributed by atoms with Gasteiger partial charge in [-0.25, -0.2) is 4.99 Å². The number of thiophene rings is 1. The molecule has 0 fully saturated rings. The van der Waals surface area contributed by atoms with Gasteiger partial charge >= 0.3 is 0 Å². The molecule has 144 valence electrons. The average molecular weight is 489 g/mol. The van der Waals surface area contributed by atoms with Crippen molar-refractivity contribution in [1.82, 2.24) is 10.6 Å². The summed E-state index contributed by atoms with van der Waals surface area (Å²) in [6.45, 7) is 7.46. The van der Waals surface area contributed by atoms with Gasteiger partial charge in [-0.15, -0.1) is 35.3 Å². The zero-order valence-corrected chi connectivity index (χ0v) is 18.9. The molecule has 0 saturated heterocycles. The number of aryl methyl sites for hydroxylation is 1. The van der Waals surface area contributed by atoms with E-state index in [9.17, 15) is 5.11 Å². The molecule has 0 aliphatic rings. The van der Waals surface area contributed by atoms with Crippen LogP contribution in [0.25, 0.3) is 0 Å². The van der Waals surface area contributed by atoms with E-state index in [1.54, 1.807) is 13.2 Å². The number of aromatic hydroxyl groups is 1. The van der Waals surface area contributed by atoms with Gasteiger partial charge in [0.2, 0.25) is 0 Å². The number of benzene rings is 1. The maximum atomic E-state index is 10.2. The first-order valence-corrected chi connectivity index (χ1v) is 9.30. The van der Waals surface area contributed by atoms with Crippen LogP contribution in [0.15, 0.2) is 35.3 Å². The van der Waals surface area contributed by atoms with Crippen molar-refractivity contribution in [2.45, 2.75) is 39.8 Å². The molecular formula is C19H28IN3O2S. The molecule has 0 aliphatic heterocycles. The Balaban J connectivity index is 0.00000338. The van der Waals surface area contributed by atoms with Crippen molar-refractivity contribution >= 4 is 41.3 Å². The second kappa shape index (κ2) is 11.3. The van der Waals surface area contributed by atoms with E-state index in [0.29, 0.717) is 12.3 Å². The van der Waals surface area contributed by atoms with Gasteiger partial charge in [0.15, 0.2) is 17.5 Å². The van der Waals surface area contributed by atoms with Crippen LogP contribution in [-0.4, -0.2) is 30.8 Å². The number of ether oxygens (including phenoxy) is 1. The molecule has 3 N–H and O–H groups in total. The summed E-state index contributed by atoms with van der Waals surface area (Å²) in [6.07, 6.45) is 0.952. The van der Waals surface area contributed by atoms with Crippen LogP contribution in [0.3, 0.4) is 0 Å². The normalized spacial score (nSPS) is 12.2. The molecule has 5 nitrogen and oxygen atoms in total. The fraction of sp³-hybridized carbons (Fsp3) is 0.421. The summed E-state index contributed by atoms with van der Waals surface area (Å²) in [5.74, 6) is 1.35. The van der Waals surface area contributed by atoms with Crippen molar-refractivity contribution < 1.29 is 9.84 Å². The number of halogens is 1. The predicted octanol–water partition coefficient (Wildman–Crippen LogP) is 4.08. The third kappa shape index (κ3) is 6.68. The Labute approximate surface area is 176 Å². The molecule has 26 heavy (non-hydrogen) atoms. The van der Waals surface area contributed by atoms with Crippen LogP contribution in [-0.2, 0) is 13.0 Å². The van der Waals surface area contributed by atoms with Gasteiger partial charge in [0.25, 0.3) is 0 Å². The minimum absolute atomic E-state index is 0. The third-order valence-corrected chi connectivity index (χ3v) is 4.76. The largest absolute Gasteiger partial charge is 0.504 e. The van der Waals surface area contributed by atoms with Crippen LogP contribution >= 0.6 is 35.3 Å². The molecule has 2 rings (SSSR count). The quantitative estimate of drug-likeness (QED) is 0.312. The topological polar surface area (TPSA) is 65.9 Å². The Morgan fingerprint density at radius 1 is 1.31 bits per heavy atom. The van der Waals surface area contributed by atoms with Gasteiger partial charge in [-0.05, 0) is 39.0 Å². The molecular weight excluding hydrogens is 461 g/mol. The van der Waals surface area contributed by atoms with Gasteiger partial charge in [0, 0.05) is 34.3 Å². The zero-order chi connectivity index (χ0) is 18.2. The van der Waals surface area contributed by atoms with Crippen LogP contribution in [0, 0.1) is 6.92 Å². The van der Waals surface area contributed by atoms with Crippen LogP contribution < -0.4 is 15.4 Å². The van der Waals surface area contributed by atoms with E-state index in [-0.39, 0.29) is 35.8 Å². The average Bonchev–Trinajstić information content (AvgIpc) is 2.98. The van der Waals surface area contributed by atoms with E-state index in [1.807, 2.05) is 30.4 Å². The van der Waals surface area contributed by atoms with E-state index in [0.717, 1.165) is 24.5 Å². The first kappa shape index (κ1) is 22.6. The van der Waals surface area contributed by atoms with Crippen molar-refractivity contribution in [2.24, 2.45) is 4.99 Å². The Kier molecular flexibility index (Phi) is 9.79. The Hall–Kier alpha value is -1.48. The van der Waals surface area contributed by atoms with E-state index in [2.05, 4.69) is 41.6 Å². The lowest BCUT2D eigenvalue weighted by Gasteiger charge is -2.17. The standard InChI is InChI=1S/C19H27N3O2S.HI/c1-5-20-19(22-13(2)11-16-10-9-14(3)25-16)21-12-15-7-6-8-17(24-4)18(15)23;/h6-10,13,23H,5,11-12H2,1-4H3,(H2,20,21,22);1H. The number of aliphatic imine (C=N–C) groups is 1. The van der Waals surface area contributed by atoms with E-state index < -0.39 is 0 Å². The number of hydrogen-bond donors (Lipinski definition) is 3. The number of para-hydroxylation sites is 1. The van der Waals surface area contributed by atoms with Gasteiger partial charge in [-0.3, -0.25) is 0 Å². The molecule has 1 atom stereocenters. The number of hydrogen-bond acceptors (Lipinski definition) is 4. The van der Waals surface area contributed by atoms with Crippen LogP contribution in [0.5, 0.6) is 11.5 Å². The van der Waals surface area contributed by atoms with Crippen LogP contribution in [0.4, 0.5) is 0 Å². The van der Waals surface area contributed by atoms with Crippen molar-refractivity contribution in [3.05, 3.63) is 45.6 Å². The number of methoxy groups -OCH3 is 1. The molecule has 0 radical (unpaired) electrons. The SMILES string of the molecule is CCNC(=NCc1cccc(OC)c1O)NC(C)Cc1ccc(C)s1.I. The fourth-order valence-electron chi connectivity index (χ4n) is 2.53. The van der Waals surface area contributed by atoms with Crippen LogP contribution in [0.1, 0.15) is 29.2 Å². The lowest BCUT2D eigenvalue weighted by Crippen LogP contribution is -2.43. The lowest BCUT2D eigenvalue weighted by atomic mass is 10.2. The van der Waals surface area contributed by atoms with Gasteiger partial charge in [0.05, 0.1) is 13.7 Å². The number of guanidine groups is 1. The lowest BCUT2D eigenvalue weighted by molar-refractivity contribution is 0.370. The first-order valence-electron chi connectivity index (χ1n) is 8.48. The Bertz CT molecular complexity index is 719. The molecule has 1 aromatic carbocycles. The van der Waals surface area contributed by atoms with Crippen molar-refractivity contribution in [3.63, 3.8) is 0 Å². The maximum absolute atomic E-state index is 10.2. The summed E-state index contributed by atoms with van der Waals surface area (Å²) in [6, 6.07) is 10.0.